The summed E-state index contributed by atoms with van der Waals surface area (Å²) >= 11 is 0. The first kappa shape index (κ1) is 16.1. The van der Waals surface area contributed by atoms with Crippen molar-refractivity contribution in [3.8, 4) is 18.0 Å². The summed E-state index contributed by atoms with van der Waals surface area (Å²) in [7, 11) is 0. The Morgan fingerprint density at radius 3 is 2.88 bits per heavy atom. The van der Waals surface area contributed by atoms with E-state index in [-0.39, 0.29) is 6.61 Å². The molecule has 0 N–H and O–H groups in total. The lowest BCUT2D eigenvalue weighted by molar-refractivity contribution is 0.0557. The molecular weight excluding hydrogens is 304 g/mol. The molecule has 6 nitrogen and oxygen atoms in total. The molecule has 6 heteroatoms. The van der Waals surface area contributed by atoms with Crippen LogP contribution < -0.4 is 4.90 Å². The van der Waals surface area contributed by atoms with Gasteiger partial charge in [-0.05, 0) is 44.4 Å². The molecule has 1 aromatic heterocycles. The molecule has 2 aromatic rings. The summed E-state index contributed by atoms with van der Waals surface area (Å²) in [5.74, 6) is 1.93. The van der Waals surface area contributed by atoms with Gasteiger partial charge in [0.25, 0.3) is 0 Å². The first-order valence-electron chi connectivity index (χ1n) is 8.07. The van der Waals surface area contributed by atoms with Crippen LogP contribution >= 0.6 is 0 Å². The highest BCUT2D eigenvalue weighted by molar-refractivity contribution is 5.96. The molecule has 1 fully saturated rings. The maximum absolute atomic E-state index is 12.5. The van der Waals surface area contributed by atoms with Crippen molar-refractivity contribution in [2.24, 2.45) is 0 Å². The van der Waals surface area contributed by atoms with E-state index in [0.717, 1.165) is 30.8 Å². The van der Waals surface area contributed by atoms with Gasteiger partial charge in [-0.3, -0.25) is 4.57 Å². The number of nitrogens with zero attached hydrogens (tertiary/aromatic N) is 4. The van der Waals surface area contributed by atoms with Crippen molar-refractivity contribution in [2.75, 3.05) is 18.1 Å². The second kappa shape index (κ2) is 7.18. The van der Waals surface area contributed by atoms with Crippen LogP contribution in [-0.4, -0.2) is 39.9 Å². The molecule has 24 heavy (non-hydrogen) atoms. The molecule has 3 rings (SSSR count). The smallest absolute Gasteiger partial charge is 0.341 e. The molecule has 2 heterocycles. The number of anilines is 1. The Bertz CT molecular complexity index is 749. The van der Waals surface area contributed by atoms with E-state index in [1.807, 2.05) is 12.1 Å². The maximum Gasteiger partial charge on any atom is 0.341 e. The van der Waals surface area contributed by atoms with Crippen molar-refractivity contribution < 1.29 is 9.53 Å². The van der Waals surface area contributed by atoms with Crippen molar-refractivity contribution in [1.29, 1.82) is 0 Å². The molecule has 1 aliphatic heterocycles. The van der Waals surface area contributed by atoms with Gasteiger partial charge in [-0.15, -0.1) is 16.6 Å². The van der Waals surface area contributed by atoms with E-state index in [2.05, 4.69) is 27.9 Å². The molecule has 0 radical (unpaired) electrons. The van der Waals surface area contributed by atoms with Crippen LogP contribution in [0.4, 0.5) is 5.69 Å². The largest absolute Gasteiger partial charge is 0.449 e. The minimum absolute atomic E-state index is 0.0370. The summed E-state index contributed by atoms with van der Waals surface area (Å²) in [6.45, 7) is 3.08. The van der Waals surface area contributed by atoms with Gasteiger partial charge in [-0.2, -0.15) is 0 Å². The lowest BCUT2D eigenvalue weighted by Gasteiger charge is -2.36. The Morgan fingerprint density at radius 2 is 2.17 bits per heavy atom. The van der Waals surface area contributed by atoms with E-state index in [1.54, 1.807) is 23.3 Å². The lowest BCUT2D eigenvalue weighted by atomic mass is 10.0. The number of hydrogen-bond acceptors (Lipinski definition) is 5. The fraction of sp³-hybridized carbons (Fsp3) is 0.389. The summed E-state index contributed by atoms with van der Waals surface area (Å²) in [6.07, 6.45) is 11.8. The van der Waals surface area contributed by atoms with Gasteiger partial charge >= 0.3 is 5.97 Å². The first-order valence-corrected chi connectivity index (χ1v) is 8.07. The molecule has 0 bridgehead atoms. The topological polar surface area (TPSA) is 60.3 Å². The minimum Gasteiger partial charge on any atom is -0.449 e. The minimum atomic E-state index is -0.407. The number of ether oxygens (including phenoxy) is 1. The highest BCUT2D eigenvalue weighted by atomic mass is 16.5. The van der Waals surface area contributed by atoms with E-state index in [4.69, 9.17) is 11.2 Å². The summed E-state index contributed by atoms with van der Waals surface area (Å²) < 4.78 is 6.93. The Hall–Kier alpha value is -2.81. The van der Waals surface area contributed by atoms with Crippen molar-refractivity contribution in [3.63, 3.8) is 0 Å². The number of carbonyl (C=O) groups is 1. The fourth-order valence-corrected chi connectivity index (χ4v) is 3.07. The summed E-state index contributed by atoms with van der Waals surface area (Å²) in [5.41, 5.74) is 2.22. The van der Waals surface area contributed by atoms with Crippen molar-refractivity contribution >= 4 is 11.7 Å². The molecule has 0 aliphatic carbocycles. The van der Waals surface area contributed by atoms with Gasteiger partial charge in [-0.1, -0.05) is 5.92 Å². The number of terminal acetylenes is 1. The lowest BCUT2D eigenvalue weighted by Crippen LogP contribution is -2.38. The summed E-state index contributed by atoms with van der Waals surface area (Å²) in [6, 6.07) is 6.11. The Balaban J connectivity index is 2.00. The van der Waals surface area contributed by atoms with Crippen LogP contribution in [0, 0.1) is 12.3 Å². The predicted molar refractivity (Wildman–Crippen MR) is 91.1 cm³/mol. The van der Waals surface area contributed by atoms with Gasteiger partial charge in [0.05, 0.1) is 11.3 Å². The maximum atomic E-state index is 12.5. The van der Waals surface area contributed by atoms with Gasteiger partial charge in [0.2, 0.25) is 0 Å². The number of carbonyl (C=O) groups excluding carboxylic acids is 1. The Morgan fingerprint density at radius 1 is 1.38 bits per heavy atom. The van der Waals surface area contributed by atoms with E-state index < -0.39 is 5.97 Å². The number of rotatable bonds is 4. The van der Waals surface area contributed by atoms with Crippen LogP contribution in [0.25, 0.3) is 5.69 Å². The second-order valence-corrected chi connectivity index (χ2v) is 5.89. The van der Waals surface area contributed by atoms with Crippen LogP contribution in [0.1, 0.15) is 36.5 Å². The van der Waals surface area contributed by atoms with Gasteiger partial charge in [-0.25, -0.2) is 4.79 Å². The van der Waals surface area contributed by atoms with Gasteiger partial charge < -0.3 is 9.64 Å². The predicted octanol–water partition coefficient (Wildman–Crippen LogP) is 2.44. The first-order chi connectivity index (χ1) is 11.7. The van der Waals surface area contributed by atoms with Crippen molar-refractivity contribution in [3.05, 3.63) is 36.4 Å². The van der Waals surface area contributed by atoms with Crippen LogP contribution in [0.3, 0.4) is 0 Å². The molecule has 0 saturated carbocycles. The number of aromatic nitrogens is 3. The Kier molecular flexibility index (Phi) is 4.80. The molecule has 124 valence electrons. The van der Waals surface area contributed by atoms with Crippen molar-refractivity contribution in [1.82, 2.24) is 14.8 Å². The average molecular weight is 324 g/mol. The fourth-order valence-electron chi connectivity index (χ4n) is 3.07. The highest BCUT2D eigenvalue weighted by Crippen LogP contribution is 2.30. The van der Waals surface area contributed by atoms with Crippen molar-refractivity contribution in [2.45, 2.75) is 32.2 Å². The van der Waals surface area contributed by atoms with Gasteiger partial charge in [0, 0.05) is 18.3 Å². The molecule has 1 aliphatic rings. The van der Waals surface area contributed by atoms with Crippen LogP contribution in [-0.2, 0) is 4.74 Å². The quantitative estimate of drug-likeness (QED) is 0.638. The molecule has 1 saturated heterocycles. The third-order valence-corrected chi connectivity index (χ3v) is 4.32. The Labute approximate surface area is 141 Å². The molecule has 0 spiro atoms. The normalized spacial score (nSPS) is 17.3. The van der Waals surface area contributed by atoms with Crippen LogP contribution in [0.15, 0.2) is 30.9 Å². The highest BCUT2D eigenvalue weighted by Gasteiger charge is 2.24. The average Bonchev–Trinajstić information content (AvgIpc) is 3.14. The van der Waals surface area contributed by atoms with Gasteiger partial charge in [0.15, 0.2) is 6.61 Å². The third-order valence-electron chi connectivity index (χ3n) is 4.32. The van der Waals surface area contributed by atoms with E-state index >= 15 is 0 Å². The van der Waals surface area contributed by atoms with E-state index in [9.17, 15) is 4.79 Å². The molecular formula is C18H20N4O2. The molecule has 0 amide bonds. The zero-order chi connectivity index (χ0) is 16.9. The SMILES string of the molecule is C#CCOC(=O)c1cc(-n2cnnc2)ccc1N1CCCC[C@@H]1C. The third kappa shape index (κ3) is 3.25. The molecule has 0 unspecified atom stereocenters. The van der Waals surface area contributed by atoms with Crippen LogP contribution in [0.5, 0.6) is 0 Å². The van der Waals surface area contributed by atoms with Gasteiger partial charge in [0.1, 0.15) is 12.7 Å². The standard InChI is InChI=1S/C18H20N4O2/c1-3-10-24-18(23)16-11-15(21-12-19-20-13-21)7-8-17(16)22-9-5-4-6-14(22)2/h1,7-8,11-14H,4-6,9-10H2,2H3/t14-/m0/s1. The monoisotopic (exact) mass is 324 g/mol. The zero-order valence-corrected chi connectivity index (χ0v) is 13.7. The summed E-state index contributed by atoms with van der Waals surface area (Å²) in [5, 5.41) is 7.61. The molecule has 1 aromatic carbocycles. The zero-order valence-electron chi connectivity index (χ0n) is 13.7. The summed E-state index contributed by atoms with van der Waals surface area (Å²) in [4.78, 5) is 14.8. The number of piperidine rings is 1. The number of esters is 1. The number of benzene rings is 1. The second-order valence-electron chi connectivity index (χ2n) is 5.89. The van der Waals surface area contributed by atoms with E-state index in [1.165, 1.54) is 6.42 Å². The molecule has 1 atom stereocenters. The van der Waals surface area contributed by atoms with Crippen LogP contribution in [0.2, 0.25) is 0 Å². The van der Waals surface area contributed by atoms with E-state index in [0.29, 0.717) is 11.6 Å². The number of hydrogen-bond donors (Lipinski definition) is 0.